The van der Waals surface area contributed by atoms with Crippen LogP contribution in [0.15, 0.2) is 76.4 Å². The van der Waals surface area contributed by atoms with Gasteiger partial charge in [0.15, 0.2) is 12.0 Å². The summed E-state index contributed by atoms with van der Waals surface area (Å²) in [6.07, 6.45) is 2.35. The number of benzene rings is 2. The van der Waals surface area contributed by atoms with Crippen molar-refractivity contribution in [3.05, 3.63) is 104 Å². The Kier molecular flexibility index (Phi) is 4.76. The maximum absolute atomic E-state index is 12.8. The molecule has 8 nitrogen and oxygen atoms in total. The van der Waals surface area contributed by atoms with E-state index in [0.717, 1.165) is 24.0 Å². The summed E-state index contributed by atoms with van der Waals surface area (Å²) in [5.41, 5.74) is 0.778. The number of H-pyrrole nitrogens is 1. The van der Waals surface area contributed by atoms with E-state index in [1.165, 1.54) is 4.57 Å². The van der Waals surface area contributed by atoms with Gasteiger partial charge in [-0.3, -0.25) is 14.3 Å². The van der Waals surface area contributed by atoms with Crippen LogP contribution in [0.3, 0.4) is 0 Å². The molecule has 3 aromatic rings. The molecule has 1 spiro atoms. The Bertz CT molecular complexity index is 1420. The van der Waals surface area contributed by atoms with Crippen LogP contribution in [0.2, 0.25) is 0 Å². The number of aromatic amines is 1. The zero-order chi connectivity index (χ0) is 24.5. The number of ether oxygens (including phenoxy) is 4. The quantitative estimate of drug-likeness (QED) is 0.524. The summed E-state index contributed by atoms with van der Waals surface area (Å²) in [5, 5.41) is 0. The first-order valence-corrected chi connectivity index (χ1v) is 12.5. The molecule has 2 saturated heterocycles. The van der Waals surface area contributed by atoms with E-state index in [1.54, 1.807) is 13.1 Å². The number of aryl methyl sites for hydroxylation is 1. The van der Waals surface area contributed by atoms with Crippen LogP contribution in [-0.4, -0.2) is 33.7 Å². The Balaban J connectivity index is 1.21. The zero-order valence-electron chi connectivity index (χ0n) is 20.0. The average Bonchev–Trinajstić information content (AvgIpc) is 3.67. The molecule has 7 rings (SSSR count). The Morgan fingerprint density at radius 1 is 0.972 bits per heavy atom. The number of nitrogens with zero attached hydrogens (tertiary/aromatic N) is 1. The van der Waals surface area contributed by atoms with Gasteiger partial charge >= 0.3 is 5.69 Å². The van der Waals surface area contributed by atoms with Crippen molar-refractivity contribution in [2.75, 3.05) is 6.61 Å². The second kappa shape index (κ2) is 7.73. The molecule has 5 atom stereocenters. The lowest BCUT2D eigenvalue weighted by Crippen LogP contribution is -2.85. The molecule has 3 heterocycles. The third kappa shape index (κ3) is 2.84. The number of hydrogen-bond donors (Lipinski definition) is 1. The summed E-state index contributed by atoms with van der Waals surface area (Å²) in [4.78, 5) is 27.1. The first-order valence-electron chi connectivity index (χ1n) is 12.5. The van der Waals surface area contributed by atoms with Gasteiger partial charge in [-0.05, 0) is 30.9 Å². The topological polar surface area (TPSA) is 91.8 Å². The minimum Gasteiger partial charge on any atom is -0.374 e. The van der Waals surface area contributed by atoms with Crippen molar-refractivity contribution in [1.82, 2.24) is 9.55 Å². The summed E-state index contributed by atoms with van der Waals surface area (Å²) in [6, 6.07) is 20.1. The van der Waals surface area contributed by atoms with E-state index in [2.05, 4.69) is 4.98 Å². The molecule has 36 heavy (non-hydrogen) atoms. The van der Waals surface area contributed by atoms with Gasteiger partial charge in [-0.15, -0.1) is 0 Å². The molecule has 4 aliphatic rings. The Hall–Kier alpha value is -3.04. The van der Waals surface area contributed by atoms with Crippen LogP contribution < -0.4 is 11.2 Å². The van der Waals surface area contributed by atoms with Crippen LogP contribution in [0, 0.1) is 18.3 Å². The monoisotopic (exact) mass is 488 g/mol. The van der Waals surface area contributed by atoms with E-state index >= 15 is 0 Å². The molecule has 0 amide bonds. The second-order valence-electron chi connectivity index (χ2n) is 10.4. The molecule has 2 aliphatic heterocycles. The number of nitrogens with one attached hydrogen (secondary N) is 1. The van der Waals surface area contributed by atoms with Gasteiger partial charge < -0.3 is 18.9 Å². The first-order chi connectivity index (χ1) is 17.5. The SMILES string of the molecule is Cc1cn([C@@H]2O[C@]3(COCc4ccccc4)C4C2O[C@]4(OCc2ccccc2)C32CC2)c(=O)[nH]c1=O. The van der Waals surface area contributed by atoms with E-state index in [-0.39, 0.29) is 17.4 Å². The van der Waals surface area contributed by atoms with Crippen LogP contribution in [0.25, 0.3) is 0 Å². The molecule has 8 heteroatoms. The summed E-state index contributed by atoms with van der Waals surface area (Å²) in [5.74, 6) is -0.824. The standard InChI is InChI=1S/C28H28N2O6/c1-18-14-30(25(32)29-23(18)31)24-21-22-27(36-24,17-33-15-19-8-4-2-5-9-19)26(12-13-26)28(22,35-21)34-16-20-10-6-3-7-11-20/h2-11,14,21-22,24H,12-13,15-17H2,1H3,(H,29,31,32)/t21?,22?,24-,27-,28+/m1/s1. The van der Waals surface area contributed by atoms with Crippen molar-refractivity contribution < 1.29 is 18.9 Å². The fourth-order valence-electron chi connectivity index (χ4n) is 6.75. The fourth-order valence-corrected chi connectivity index (χ4v) is 6.75. The van der Waals surface area contributed by atoms with E-state index in [4.69, 9.17) is 18.9 Å². The fraction of sp³-hybridized carbons (Fsp3) is 0.429. The predicted octanol–water partition coefficient (Wildman–Crippen LogP) is 3.05. The van der Waals surface area contributed by atoms with Crippen molar-refractivity contribution in [3.8, 4) is 0 Å². The largest absolute Gasteiger partial charge is 0.374 e. The summed E-state index contributed by atoms with van der Waals surface area (Å²) < 4.78 is 27.6. The van der Waals surface area contributed by atoms with Crippen molar-refractivity contribution in [3.63, 3.8) is 0 Å². The van der Waals surface area contributed by atoms with E-state index < -0.39 is 28.9 Å². The van der Waals surface area contributed by atoms with Crippen LogP contribution in [0.1, 0.15) is 35.8 Å². The number of hydrogen-bond acceptors (Lipinski definition) is 6. The maximum atomic E-state index is 12.8. The van der Waals surface area contributed by atoms with Crippen molar-refractivity contribution in [2.45, 2.75) is 56.7 Å². The lowest BCUT2D eigenvalue weighted by atomic mass is 9.49. The van der Waals surface area contributed by atoms with Crippen molar-refractivity contribution >= 4 is 0 Å². The average molecular weight is 489 g/mol. The van der Waals surface area contributed by atoms with Gasteiger partial charge in [-0.25, -0.2) is 4.79 Å². The normalized spacial score (nSPS) is 32.5. The van der Waals surface area contributed by atoms with Gasteiger partial charge in [0.05, 0.1) is 31.2 Å². The highest BCUT2D eigenvalue weighted by Crippen LogP contribution is 2.86. The van der Waals surface area contributed by atoms with Gasteiger partial charge in [0.1, 0.15) is 11.7 Å². The highest BCUT2D eigenvalue weighted by Gasteiger charge is 2.97. The lowest BCUT2D eigenvalue weighted by molar-refractivity contribution is -0.495. The first kappa shape index (κ1) is 22.2. The van der Waals surface area contributed by atoms with E-state index in [0.29, 0.717) is 25.4 Å². The second-order valence-corrected chi connectivity index (χ2v) is 10.4. The maximum Gasteiger partial charge on any atom is 0.330 e. The van der Waals surface area contributed by atoms with E-state index in [9.17, 15) is 9.59 Å². The molecule has 2 aliphatic carbocycles. The molecule has 1 aromatic heterocycles. The smallest absolute Gasteiger partial charge is 0.330 e. The molecule has 2 aromatic carbocycles. The van der Waals surface area contributed by atoms with E-state index in [1.807, 2.05) is 60.7 Å². The zero-order valence-corrected chi connectivity index (χ0v) is 20.0. The third-order valence-electron chi connectivity index (χ3n) is 8.53. The summed E-state index contributed by atoms with van der Waals surface area (Å²) >= 11 is 0. The van der Waals surface area contributed by atoms with Gasteiger partial charge in [-0.2, -0.15) is 0 Å². The molecule has 4 fully saturated rings. The van der Waals surface area contributed by atoms with Gasteiger partial charge in [0.2, 0.25) is 0 Å². The van der Waals surface area contributed by atoms with Crippen molar-refractivity contribution in [1.29, 1.82) is 0 Å². The Morgan fingerprint density at radius 2 is 1.64 bits per heavy atom. The minimum atomic E-state index is -0.751. The number of aromatic nitrogens is 2. The highest BCUT2D eigenvalue weighted by atomic mass is 16.8. The highest BCUT2D eigenvalue weighted by molar-refractivity contribution is 5.39. The molecule has 2 saturated carbocycles. The molecular weight excluding hydrogens is 460 g/mol. The van der Waals surface area contributed by atoms with Gasteiger partial charge in [0.25, 0.3) is 5.56 Å². The summed E-state index contributed by atoms with van der Waals surface area (Å²) in [6.45, 7) is 2.97. The minimum absolute atomic E-state index is 0.0730. The predicted molar refractivity (Wildman–Crippen MR) is 129 cm³/mol. The molecular formula is C28H28N2O6. The van der Waals surface area contributed by atoms with Crippen LogP contribution in [0.4, 0.5) is 0 Å². The van der Waals surface area contributed by atoms with Crippen LogP contribution in [-0.2, 0) is 32.2 Å². The molecule has 0 bridgehead atoms. The Morgan fingerprint density at radius 3 is 2.31 bits per heavy atom. The number of rotatable bonds is 8. The Labute approximate surface area is 207 Å². The number of fused-ring (bicyclic) bond motifs is 2. The lowest BCUT2D eigenvalue weighted by Gasteiger charge is -2.71. The van der Waals surface area contributed by atoms with Gasteiger partial charge in [-0.1, -0.05) is 60.7 Å². The van der Waals surface area contributed by atoms with Crippen LogP contribution in [0.5, 0.6) is 0 Å². The van der Waals surface area contributed by atoms with Crippen LogP contribution >= 0.6 is 0 Å². The van der Waals surface area contributed by atoms with Gasteiger partial charge in [0, 0.05) is 11.8 Å². The molecule has 1 N–H and O–H groups in total. The molecule has 186 valence electrons. The molecule has 0 radical (unpaired) electrons. The summed E-state index contributed by atoms with van der Waals surface area (Å²) in [7, 11) is 0. The molecule has 2 unspecified atom stereocenters. The third-order valence-corrected chi connectivity index (χ3v) is 8.53. The van der Waals surface area contributed by atoms with Crippen molar-refractivity contribution in [2.24, 2.45) is 11.3 Å².